The maximum Gasteiger partial charge on any atom is 0.307 e. The molecule has 0 fully saturated rings. The highest BCUT2D eigenvalue weighted by molar-refractivity contribution is 7.92. The normalized spacial score (nSPS) is 11.0. The van der Waals surface area contributed by atoms with E-state index >= 15 is 0 Å². The first-order chi connectivity index (χ1) is 14.3. The average molecular weight is 448 g/mol. The van der Waals surface area contributed by atoms with E-state index in [4.69, 9.17) is 26.2 Å². The number of benzene rings is 3. The molecule has 156 valence electrons. The summed E-state index contributed by atoms with van der Waals surface area (Å²) in [7, 11) is -2.68. The van der Waals surface area contributed by atoms with Crippen LogP contribution < -0.4 is 14.2 Å². The monoisotopic (exact) mass is 447 g/mol. The number of carboxylic acid groups (broad SMARTS) is 1. The van der Waals surface area contributed by atoms with Crippen LogP contribution in [-0.4, -0.2) is 26.6 Å². The molecular weight excluding hydrogens is 430 g/mol. The smallest absolute Gasteiger partial charge is 0.307 e. The summed E-state index contributed by atoms with van der Waals surface area (Å²) in [5.74, 6) is 0.000423. The zero-order valence-corrected chi connectivity index (χ0v) is 17.4. The Morgan fingerprint density at radius 3 is 2.37 bits per heavy atom. The Morgan fingerprint density at radius 1 is 1.03 bits per heavy atom. The lowest BCUT2D eigenvalue weighted by Crippen LogP contribution is -2.15. The number of rotatable bonds is 8. The molecule has 0 amide bonds. The number of hydrogen-bond acceptors (Lipinski definition) is 5. The third-order valence-electron chi connectivity index (χ3n) is 4.04. The van der Waals surface area contributed by atoms with E-state index in [-0.39, 0.29) is 17.1 Å². The van der Waals surface area contributed by atoms with Crippen molar-refractivity contribution in [3.63, 3.8) is 0 Å². The van der Waals surface area contributed by atoms with Gasteiger partial charge in [-0.1, -0.05) is 29.8 Å². The number of hydrogen-bond donors (Lipinski definition) is 2. The predicted octanol–water partition coefficient (Wildman–Crippen LogP) is 4.57. The third-order valence-corrected chi connectivity index (χ3v) is 5.76. The number of aliphatic carboxylic acids is 1. The van der Waals surface area contributed by atoms with E-state index in [1.807, 2.05) is 0 Å². The van der Waals surface area contributed by atoms with E-state index in [1.165, 1.54) is 37.4 Å². The minimum absolute atomic E-state index is 0.107. The molecule has 30 heavy (non-hydrogen) atoms. The van der Waals surface area contributed by atoms with E-state index in [9.17, 15) is 13.2 Å². The zero-order valence-electron chi connectivity index (χ0n) is 15.8. The molecule has 0 spiro atoms. The first-order valence-electron chi connectivity index (χ1n) is 8.72. The number of ether oxygens (including phenoxy) is 2. The summed E-state index contributed by atoms with van der Waals surface area (Å²) in [6.45, 7) is 0. The van der Waals surface area contributed by atoms with Gasteiger partial charge in [0.2, 0.25) is 0 Å². The molecule has 9 heteroatoms. The number of sulfonamides is 1. The van der Waals surface area contributed by atoms with Crippen molar-refractivity contribution in [3.05, 3.63) is 77.3 Å². The summed E-state index contributed by atoms with van der Waals surface area (Å²) >= 11 is 6.07. The molecule has 3 aromatic carbocycles. The molecule has 3 rings (SSSR count). The van der Waals surface area contributed by atoms with E-state index in [1.54, 1.807) is 36.4 Å². The van der Waals surface area contributed by atoms with Gasteiger partial charge in [0.25, 0.3) is 10.0 Å². The SMILES string of the molecule is COc1ccc(CC(=O)O)cc1S(=O)(=O)Nc1ccc(Oc2ccccc2Cl)cc1. The molecule has 0 saturated heterocycles. The number of nitrogens with one attached hydrogen (secondary N) is 1. The standard InChI is InChI=1S/C21H18ClNO6S/c1-28-19-11-6-14(13-21(24)25)12-20(19)30(26,27)23-15-7-9-16(10-8-15)29-18-5-3-2-4-17(18)22/h2-12,23H,13H2,1H3,(H,24,25). The number of anilines is 1. The van der Waals surface area contributed by atoms with E-state index in [0.29, 0.717) is 27.8 Å². The Bertz CT molecular complexity index is 1160. The van der Waals surface area contributed by atoms with Gasteiger partial charge in [0.1, 0.15) is 22.1 Å². The Morgan fingerprint density at radius 2 is 1.73 bits per heavy atom. The Labute approximate surface area is 178 Å². The van der Waals surface area contributed by atoms with Crippen molar-refractivity contribution in [2.75, 3.05) is 11.8 Å². The van der Waals surface area contributed by atoms with Gasteiger partial charge < -0.3 is 14.6 Å². The van der Waals surface area contributed by atoms with E-state index < -0.39 is 16.0 Å². The van der Waals surface area contributed by atoms with Gasteiger partial charge in [-0.2, -0.15) is 0 Å². The summed E-state index contributed by atoms with van der Waals surface area (Å²) in [5.41, 5.74) is 0.638. The van der Waals surface area contributed by atoms with Crippen LogP contribution in [0.15, 0.2) is 71.6 Å². The summed E-state index contributed by atoms with van der Waals surface area (Å²) in [4.78, 5) is 10.8. The molecule has 3 aromatic rings. The van der Waals surface area contributed by atoms with Crippen LogP contribution >= 0.6 is 11.6 Å². The lowest BCUT2D eigenvalue weighted by atomic mass is 10.1. The maximum atomic E-state index is 12.9. The van der Waals surface area contributed by atoms with Gasteiger partial charge in [0.15, 0.2) is 0 Å². The second-order valence-corrected chi connectivity index (χ2v) is 8.28. The average Bonchev–Trinajstić information content (AvgIpc) is 2.70. The summed E-state index contributed by atoms with van der Waals surface area (Å²) < 4.78 is 39.0. The highest BCUT2D eigenvalue weighted by atomic mass is 35.5. The predicted molar refractivity (Wildman–Crippen MR) is 113 cm³/mol. The van der Waals surface area contributed by atoms with E-state index in [0.717, 1.165) is 0 Å². The van der Waals surface area contributed by atoms with Crippen molar-refractivity contribution >= 4 is 33.3 Å². The molecule has 0 aromatic heterocycles. The molecule has 0 atom stereocenters. The van der Waals surface area contributed by atoms with Crippen LogP contribution in [-0.2, 0) is 21.2 Å². The summed E-state index contributed by atoms with van der Waals surface area (Å²) in [6.07, 6.45) is -0.305. The molecule has 0 heterocycles. The van der Waals surface area contributed by atoms with Gasteiger partial charge in [0, 0.05) is 5.69 Å². The molecule has 0 bridgehead atoms. The summed E-state index contributed by atoms with van der Waals surface area (Å²) in [6, 6.07) is 17.5. The molecule has 0 saturated carbocycles. The van der Waals surface area contributed by atoms with Crippen LogP contribution in [0, 0.1) is 0 Å². The molecule has 0 aliphatic carbocycles. The molecule has 0 aliphatic heterocycles. The highest BCUT2D eigenvalue weighted by Crippen LogP contribution is 2.31. The fraction of sp³-hybridized carbons (Fsp3) is 0.0952. The number of methoxy groups -OCH3 is 1. The first kappa shape index (κ1) is 21.5. The van der Waals surface area contributed by atoms with Crippen molar-refractivity contribution in [1.82, 2.24) is 0 Å². The van der Waals surface area contributed by atoms with Gasteiger partial charge in [-0.3, -0.25) is 9.52 Å². The summed E-state index contributed by atoms with van der Waals surface area (Å²) in [5, 5.41) is 9.41. The van der Waals surface area contributed by atoms with Gasteiger partial charge in [0.05, 0.1) is 18.6 Å². The molecular formula is C21H18ClNO6S. The second kappa shape index (κ2) is 9.06. The highest BCUT2D eigenvalue weighted by Gasteiger charge is 2.21. The van der Waals surface area contributed by atoms with Crippen molar-refractivity contribution in [2.45, 2.75) is 11.3 Å². The molecule has 7 nitrogen and oxygen atoms in total. The Kier molecular flexibility index (Phi) is 6.49. The lowest BCUT2D eigenvalue weighted by molar-refractivity contribution is -0.136. The number of para-hydroxylation sites is 1. The van der Waals surface area contributed by atoms with Crippen LogP contribution in [0.3, 0.4) is 0 Å². The largest absolute Gasteiger partial charge is 0.495 e. The topological polar surface area (TPSA) is 102 Å². The van der Waals surface area contributed by atoms with Crippen LogP contribution in [0.2, 0.25) is 5.02 Å². The van der Waals surface area contributed by atoms with Gasteiger partial charge in [-0.25, -0.2) is 8.42 Å². The van der Waals surface area contributed by atoms with Gasteiger partial charge >= 0.3 is 5.97 Å². The zero-order chi connectivity index (χ0) is 21.7. The molecule has 2 N–H and O–H groups in total. The van der Waals surface area contributed by atoms with Crippen molar-refractivity contribution in [2.24, 2.45) is 0 Å². The Balaban J connectivity index is 1.81. The first-order valence-corrected chi connectivity index (χ1v) is 10.6. The van der Waals surface area contributed by atoms with Crippen LogP contribution in [0.4, 0.5) is 5.69 Å². The van der Waals surface area contributed by atoms with Crippen LogP contribution in [0.1, 0.15) is 5.56 Å². The fourth-order valence-electron chi connectivity index (χ4n) is 2.67. The lowest BCUT2D eigenvalue weighted by Gasteiger charge is -2.13. The molecule has 0 aliphatic rings. The quantitative estimate of drug-likeness (QED) is 0.524. The van der Waals surface area contributed by atoms with E-state index in [2.05, 4.69) is 4.72 Å². The van der Waals surface area contributed by atoms with Gasteiger partial charge in [-0.05, 0) is 54.1 Å². The van der Waals surface area contributed by atoms with Crippen molar-refractivity contribution < 1.29 is 27.8 Å². The number of carbonyl (C=O) groups is 1. The minimum Gasteiger partial charge on any atom is -0.495 e. The number of halogens is 1. The van der Waals surface area contributed by atoms with Crippen molar-refractivity contribution in [1.29, 1.82) is 0 Å². The second-order valence-electron chi connectivity index (χ2n) is 6.22. The van der Waals surface area contributed by atoms with Crippen LogP contribution in [0.25, 0.3) is 0 Å². The molecule has 0 radical (unpaired) electrons. The third kappa shape index (κ3) is 5.22. The van der Waals surface area contributed by atoms with Crippen LogP contribution in [0.5, 0.6) is 17.2 Å². The fourth-order valence-corrected chi connectivity index (χ4v) is 4.12. The minimum atomic E-state index is -4.02. The molecule has 0 unspecified atom stereocenters. The van der Waals surface area contributed by atoms with Gasteiger partial charge in [-0.15, -0.1) is 0 Å². The number of carboxylic acids is 1. The van der Waals surface area contributed by atoms with Crippen molar-refractivity contribution in [3.8, 4) is 17.2 Å². The maximum absolute atomic E-state index is 12.9. The Hall–Kier alpha value is -3.23.